The van der Waals surface area contributed by atoms with Crippen LogP contribution < -0.4 is 4.74 Å². The molecule has 3 aromatic rings. The van der Waals surface area contributed by atoms with Crippen molar-refractivity contribution in [3.05, 3.63) is 82.4 Å². The molecule has 10 heteroatoms. The Morgan fingerprint density at radius 3 is 1.89 bits per heavy atom. The van der Waals surface area contributed by atoms with Crippen LogP contribution >= 0.6 is 0 Å². The molecule has 1 spiro atoms. The molecule has 2 aliphatic rings. The Morgan fingerprint density at radius 1 is 0.829 bits per heavy atom. The number of carbonyl (C=O) groups excluding carboxylic acids is 3. The molecule has 3 aromatic carbocycles. The first kappa shape index (κ1) is 23.3. The van der Waals surface area contributed by atoms with Gasteiger partial charge in [0.15, 0.2) is 5.60 Å². The maximum atomic E-state index is 12.8. The first-order valence-electron chi connectivity index (χ1n) is 10.2. The lowest BCUT2D eigenvalue weighted by Crippen LogP contribution is -2.33. The summed E-state index contributed by atoms with van der Waals surface area (Å²) in [4.78, 5) is 45.4. The Kier molecular flexibility index (Phi) is 5.65. The molecule has 5 rings (SSSR count). The summed E-state index contributed by atoms with van der Waals surface area (Å²) in [6, 6.07) is 12.9. The summed E-state index contributed by atoms with van der Waals surface area (Å²) < 4.78 is 16.4. The van der Waals surface area contributed by atoms with Gasteiger partial charge in [-0.15, -0.1) is 0 Å². The predicted molar refractivity (Wildman–Crippen MR) is 117 cm³/mol. The van der Waals surface area contributed by atoms with Gasteiger partial charge < -0.3 is 29.5 Å². The highest BCUT2D eigenvalue weighted by Crippen LogP contribution is 2.57. The predicted octanol–water partition coefficient (Wildman–Crippen LogP) is 3.46. The number of hydrogen-bond acceptors (Lipinski definition) is 9. The van der Waals surface area contributed by atoms with Crippen LogP contribution in [0.2, 0.25) is 0 Å². The maximum Gasteiger partial charge on any atom is 0.345 e. The van der Waals surface area contributed by atoms with Gasteiger partial charge >= 0.3 is 17.9 Å². The lowest BCUT2D eigenvalue weighted by Gasteiger charge is -2.36. The molecule has 0 aromatic heterocycles. The van der Waals surface area contributed by atoms with Crippen LogP contribution in [-0.4, -0.2) is 39.2 Å². The van der Waals surface area contributed by atoms with Gasteiger partial charge in [0.25, 0.3) is 5.97 Å². The van der Waals surface area contributed by atoms with Crippen LogP contribution in [0.1, 0.15) is 51.3 Å². The lowest BCUT2D eigenvalue weighted by molar-refractivity contribution is -0.136. The van der Waals surface area contributed by atoms with E-state index in [1.807, 2.05) is 0 Å². The normalized spacial score (nSPS) is 13.7. The number of rotatable bonds is 1. The molecule has 0 aliphatic carbocycles. The zero-order chi connectivity index (χ0) is 25.5. The minimum Gasteiger partial charge on any atom is -0.508 e. The second-order valence-electron chi connectivity index (χ2n) is 7.69. The molecular weight excluding hydrogens is 460 g/mol. The van der Waals surface area contributed by atoms with E-state index < -0.39 is 29.5 Å². The van der Waals surface area contributed by atoms with E-state index in [1.54, 1.807) is 12.1 Å². The third-order valence-corrected chi connectivity index (χ3v) is 5.25. The van der Waals surface area contributed by atoms with E-state index in [2.05, 4.69) is 4.74 Å². The van der Waals surface area contributed by atoms with Gasteiger partial charge in [-0.1, -0.05) is 0 Å². The third-order valence-electron chi connectivity index (χ3n) is 5.25. The Hall–Kier alpha value is -4.86. The molecule has 10 nitrogen and oxygen atoms in total. The first-order valence-corrected chi connectivity index (χ1v) is 10.2. The number of ether oxygens (including phenoxy) is 3. The first-order chi connectivity index (χ1) is 16.5. The Labute approximate surface area is 197 Å². The molecule has 0 fully saturated rings. The van der Waals surface area contributed by atoms with Gasteiger partial charge in [-0.2, -0.15) is 0 Å². The molecule has 0 bridgehead atoms. The molecule has 0 saturated heterocycles. The minimum absolute atomic E-state index is 0.0544. The number of fused-ring (bicyclic) bond motifs is 6. The van der Waals surface area contributed by atoms with E-state index in [0.29, 0.717) is 16.7 Å². The molecule has 0 saturated carbocycles. The highest BCUT2D eigenvalue weighted by atomic mass is 16.6. The van der Waals surface area contributed by atoms with E-state index in [-0.39, 0.29) is 34.1 Å². The van der Waals surface area contributed by atoms with Crippen LogP contribution in [0, 0.1) is 0 Å². The van der Waals surface area contributed by atoms with Crippen molar-refractivity contribution in [2.75, 3.05) is 0 Å². The largest absolute Gasteiger partial charge is 0.508 e. The molecule has 0 amide bonds. The van der Waals surface area contributed by atoms with E-state index in [4.69, 9.17) is 19.4 Å². The van der Waals surface area contributed by atoms with E-state index in [1.165, 1.54) is 42.5 Å². The van der Waals surface area contributed by atoms with Crippen molar-refractivity contribution in [3.63, 3.8) is 0 Å². The quantitative estimate of drug-likeness (QED) is 0.349. The second-order valence-corrected chi connectivity index (χ2v) is 7.69. The number of aliphatic carboxylic acids is 1. The Balaban J connectivity index is 0.000000672. The highest BCUT2D eigenvalue weighted by molar-refractivity contribution is 6.01. The molecule has 3 N–H and O–H groups in total. The third kappa shape index (κ3) is 4.01. The Morgan fingerprint density at radius 2 is 1.37 bits per heavy atom. The number of carboxylic acid groups (broad SMARTS) is 1. The van der Waals surface area contributed by atoms with Crippen molar-refractivity contribution in [2.24, 2.45) is 0 Å². The average molecular weight is 478 g/mol. The fourth-order valence-corrected chi connectivity index (χ4v) is 4.02. The van der Waals surface area contributed by atoms with Crippen molar-refractivity contribution in [3.8, 4) is 23.0 Å². The summed E-state index contributed by atoms with van der Waals surface area (Å²) in [7, 11) is 0. The molecule has 2 aliphatic heterocycles. The van der Waals surface area contributed by atoms with E-state index in [0.717, 1.165) is 13.8 Å². The van der Waals surface area contributed by atoms with Crippen LogP contribution in [0.15, 0.2) is 54.6 Å². The van der Waals surface area contributed by atoms with Crippen LogP contribution in [0.5, 0.6) is 23.0 Å². The number of aromatic hydroxyl groups is 2. The van der Waals surface area contributed by atoms with E-state index >= 15 is 0 Å². The summed E-state index contributed by atoms with van der Waals surface area (Å²) in [6.07, 6.45) is 0. The standard InChI is InChI=1S/C23H14O8.C2H4O2/c1-11(24)29-21(27)12-2-5-15-18(8-12)23(31-22(15)28)16-6-3-13(25)9-19(16)30-20-10-14(26)4-7-17(20)23;1-2(3)4/h2-10,25-26H,1H3;1H3,(H,3,4). The van der Waals surface area contributed by atoms with Crippen LogP contribution in [0.25, 0.3) is 0 Å². The lowest BCUT2D eigenvalue weighted by atomic mass is 9.77. The molecule has 0 radical (unpaired) electrons. The molecule has 35 heavy (non-hydrogen) atoms. The maximum absolute atomic E-state index is 12.8. The summed E-state index contributed by atoms with van der Waals surface area (Å²) in [5.41, 5.74) is -0.0281. The topological polar surface area (TPSA) is 157 Å². The van der Waals surface area contributed by atoms with Gasteiger partial charge in [-0.05, 0) is 42.5 Å². The number of phenols is 2. The second kappa shape index (κ2) is 8.49. The van der Waals surface area contributed by atoms with Crippen LogP contribution in [0.4, 0.5) is 0 Å². The van der Waals surface area contributed by atoms with Crippen LogP contribution in [0.3, 0.4) is 0 Å². The number of esters is 3. The molecule has 178 valence electrons. The van der Waals surface area contributed by atoms with Gasteiger partial charge in [0.1, 0.15) is 23.0 Å². The van der Waals surface area contributed by atoms with Gasteiger partial charge in [-0.25, -0.2) is 9.59 Å². The number of carbonyl (C=O) groups is 4. The zero-order valence-electron chi connectivity index (χ0n) is 18.4. The smallest absolute Gasteiger partial charge is 0.345 e. The van der Waals surface area contributed by atoms with Gasteiger partial charge in [0, 0.05) is 42.7 Å². The molecule has 0 unspecified atom stereocenters. The van der Waals surface area contributed by atoms with Gasteiger partial charge in [0.2, 0.25) is 0 Å². The fraction of sp³-hybridized carbons (Fsp3) is 0.120. The van der Waals surface area contributed by atoms with Crippen LogP contribution in [-0.2, 0) is 24.7 Å². The summed E-state index contributed by atoms with van der Waals surface area (Å²) in [5.74, 6) is -2.79. The number of hydrogen-bond donors (Lipinski definition) is 3. The number of carboxylic acids is 1. The summed E-state index contributed by atoms with van der Waals surface area (Å²) in [5, 5.41) is 27.3. The van der Waals surface area contributed by atoms with Crippen molar-refractivity contribution in [1.82, 2.24) is 0 Å². The molecule has 0 atom stereocenters. The average Bonchev–Trinajstić information content (AvgIpc) is 3.05. The molecular formula is C25H18O10. The fourth-order valence-electron chi connectivity index (χ4n) is 4.02. The minimum atomic E-state index is -1.50. The number of benzene rings is 3. The van der Waals surface area contributed by atoms with Gasteiger partial charge in [-0.3, -0.25) is 9.59 Å². The highest BCUT2D eigenvalue weighted by Gasteiger charge is 2.54. The van der Waals surface area contributed by atoms with Gasteiger partial charge in [0.05, 0.1) is 11.1 Å². The summed E-state index contributed by atoms with van der Waals surface area (Å²) in [6.45, 7) is 2.20. The van der Waals surface area contributed by atoms with Crippen molar-refractivity contribution < 1.29 is 48.7 Å². The summed E-state index contributed by atoms with van der Waals surface area (Å²) >= 11 is 0. The van der Waals surface area contributed by atoms with E-state index in [9.17, 15) is 24.6 Å². The Bertz CT molecular complexity index is 1350. The monoisotopic (exact) mass is 478 g/mol. The SMILES string of the molecule is CC(=O)O.CC(=O)OC(=O)c1ccc2c(c1)C1(OC2=O)c2ccc(O)cc2Oc2cc(O)ccc21. The number of phenolic OH excluding ortho intramolecular Hbond substituents is 2. The molecule has 2 heterocycles. The van der Waals surface area contributed by atoms with Crippen molar-refractivity contribution in [2.45, 2.75) is 19.4 Å². The van der Waals surface area contributed by atoms with Crippen molar-refractivity contribution in [1.29, 1.82) is 0 Å². The zero-order valence-corrected chi connectivity index (χ0v) is 18.4. The van der Waals surface area contributed by atoms with Crippen molar-refractivity contribution >= 4 is 23.9 Å².